The molecule has 8 nitrogen and oxygen atoms in total. The molecule has 1 aliphatic carbocycles. The van der Waals surface area contributed by atoms with Crippen LogP contribution in [0.1, 0.15) is 50.2 Å². The number of carbonyl (C=O) groups excluding carboxylic acids is 2. The zero-order valence-electron chi connectivity index (χ0n) is 20.2. The number of nitrogens with one attached hydrogen (secondary N) is 2. The van der Waals surface area contributed by atoms with Gasteiger partial charge in [0.2, 0.25) is 5.91 Å². The molecule has 0 bridgehead atoms. The number of hydrogen-bond acceptors (Lipinski definition) is 5. The number of fused-ring (bicyclic) bond motifs is 3. The average Bonchev–Trinajstić information content (AvgIpc) is 3.16. The number of hydrogen-bond donors (Lipinski definition) is 4. The lowest BCUT2D eigenvalue weighted by atomic mass is 9.88. The number of carbonyl (C=O) groups is 3. The number of carboxylic acid groups (broad SMARTS) is 1. The van der Waals surface area contributed by atoms with E-state index in [0.717, 1.165) is 11.1 Å². The van der Waals surface area contributed by atoms with Gasteiger partial charge in [-0.1, -0.05) is 62.4 Å². The Morgan fingerprint density at radius 1 is 0.971 bits per heavy atom. The van der Waals surface area contributed by atoms with Crippen molar-refractivity contribution in [2.45, 2.75) is 45.1 Å². The van der Waals surface area contributed by atoms with Crippen LogP contribution in [0, 0.1) is 11.8 Å². The Morgan fingerprint density at radius 3 is 2.11 bits per heavy atom. The monoisotopic (exact) mass is 482 g/mol. The fraction of sp³-hybridized carbons (Fsp3) is 0.444. The first kappa shape index (κ1) is 26.2. The first-order chi connectivity index (χ1) is 16.8. The van der Waals surface area contributed by atoms with E-state index in [4.69, 9.17) is 14.9 Å². The zero-order chi connectivity index (χ0) is 25.4. The molecule has 2 amide bonds. The number of rotatable bonds is 12. The second kappa shape index (κ2) is 12.4. The fourth-order valence-electron chi connectivity index (χ4n) is 4.59. The van der Waals surface area contributed by atoms with Crippen molar-refractivity contribution in [1.82, 2.24) is 10.6 Å². The minimum Gasteiger partial charge on any atom is -0.480 e. The quantitative estimate of drug-likeness (QED) is 0.367. The van der Waals surface area contributed by atoms with Crippen LogP contribution in [0.3, 0.4) is 0 Å². The van der Waals surface area contributed by atoms with Crippen LogP contribution < -0.4 is 10.6 Å². The maximum Gasteiger partial charge on any atom is 0.407 e. The molecule has 0 saturated carbocycles. The van der Waals surface area contributed by atoms with Gasteiger partial charge in [-0.05, 0) is 46.9 Å². The van der Waals surface area contributed by atoms with Crippen molar-refractivity contribution in [3.05, 3.63) is 59.7 Å². The van der Waals surface area contributed by atoms with E-state index in [2.05, 4.69) is 34.9 Å². The predicted molar refractivity (Wildman–Crippen MR) is 132 cm³/mol. The van der Waals surface area contributed by atoms with Crippen LogP contribution in [0.25, 0.3) is 11.1 Å². The molecule has 35 heavy (non-hydrogen) atoms. The Bertz CT molecular complexity index is 992. The Balaban J connectivity index is 1.44. The molecule has 8 heteroatoms. The number of aliphatic hydroxyl groups excluding tert-OH is 1. The fourth-order valence-corrected chi connectivity index (χ4v) is 4.59. The topological polar surface area (TPSA) is 125 Å². The summed E-state index contributed by atoms with van der Waals surface area (Å²) >= 11 is 0. The second-order valence-corrected chi connectivity index (χ2v) is 9.22. The lowest BCUT2D eigenvalue weighted by molar-refractivity contribution is -0.143. The van der Waals surface area contributed by atoms with E-state index in [1.54, 1.807) is 0 Å². The van der Waals surface area contributed by atoms with Crippen LogP contribution in [0.15, 0.2) is 48.5 Å². The summed E-state index contributed by atoms with van der Waals surface area (Å²) in [6.45, 7) is 4.10. The Kier molecular flexibility index (Phi) is 9.25. The van der Waals surface area contributed by atoms with E-state index in [1.165, 1.54) is 11.1 Å². The van der Waals surface area contributed by atoms with Crippen LogP contribution in [-0.4, -0.2) is 54.0 Å². The summed E-state index contributed by atoms with van der Waals surface area (Å²) in [5.74, 6) is -1.24. The first-order valence-electron chi connectivity index (χ1n) is 12.0. The zero-order valence-corrected chi connectivity index (χ0v) is 20.2. The molecule has 0 aromatic heterocycles. The highest BCUT2D eigenvalue weighted by atomic mass is 16.5. The van der Waals surface area contributed by atoms with Gasteiger partial charge in [-0.2, -0.15) is 0 Å². The maximum absolute atomic E-state index is 12.4. The van der Waals surface area contributed by atoms with Gasteiger partial charge in [0.05, 0.1) is 6.61 Å². The van der Waals surface area contributed by atoms with E-state index in [9.17, 15) is 14.4 Å². The summed E-state index contributed by atoms with van der Waals surface area (Å²) in [5.41, 5.74) is 4.67. The van der Waals surface area contributed by atoms with E-state index < -0.39 is 30.6 Å². The van der Waals surface area contributed by atoms with Gasteiger partial charge in [-0.15, -0.1) is 0 Å². The number of aliphatic hydroxyl groups is 1. The third-order valence-corrected chi connectivity index (χ3v) is 6.63. The standard InChI is InChI=1S/C27H34N2O6/c1-17(2)18(11-12-25(31)29-24(15-30)26(32)33)13-14-28-27(34)35-16-23-21-9-5-3-7-19(21)20-8-4-6-10-22(20)23/h3-10,17-18,23-24,30H,11-16H2,1-2H3,(H,28,34)(H,29,31)(H,32,33)/t18?,24-/m1/s1. The van der Waals surface area contributed by atoms with Crippen LogP contribution in [0.5, 0.6) is 0 Å². The number of alkyl carbamates (subject to hydrolysis) is 1. The predicted octanol–water partition coefficient (Wildman–Crippen LogP) is 3.53. The molecular weight excluding hydrogens is 448 g/mol. The van der Waals surface area contributed by atoms with Crippen molar-refractivity contribution in [2.75, 3.05) is 19.8 Å². The van der Waals surface area contributed by atoms with E-state index in [1.807, 2.05) is 38.1 Å². The Hall–Kier alpha value is -3.39. The van der Waals surface area contributed by atoms with Gasteiger partial charge < -0.3 is 25.6 Å². The van der Waals surface area contributed by atoms with Gasteiger partial charge in [0.15, 0.2) is 0 Å². The molecular formula is C27H34N2O6. The summed E-state index contributed by atoms with van der Waals surface area (Å²) in [4.78, 5) is 35.4. The van der Waals surface area contributed by atoms with Gasteiger partial charge in [-0.3, -0.25) is 4.79 Å². The normalized spacial score (nSPS) is 14.1. The highest BCUT2D eigenvalue weighted by molar-refractivity contribution is 5.83. The van der Waals surface area contributed by atoms with Gasteiger partial charge >= 0.3 is 12.1 Å². The number of carboxylic acids is 1. The molecule has 0 fully saturated rings. The molecule has 2 aromatic carbocycles. The Morgan fingerprint density at radius 2 is 1.57 bits per heavy atom. The molecule has 4 N–H and O–H groups in total. The van der Waals surface area contributed by atoms with Crippen molar-refractivity contribution in [2.24, 2.45) is 11.8 Å². The van der Waals surface area contributed by atoms with Crippen LogP contribution in [0.4, 0.5) is 4.79 Å². The molecule has 0 saturated heterocycles. The average molecular weight is 483 g/mol. The van der Waals surface area contributed by atoms with Gasteiger partial charge in [0.25, 0.3) is 0 Å². The maximum atomic E-state index is 12.4. The summed E-state index contributed by atoms with van der Waals surface area (Å²) in [6, 6.07) is 15.0. The summed E-state index contributed by atoms with van der Waals surface area (Å²) in [6.07, 6.45) is 0.891. The number of amides is 2. The van der Waals surface area contributed by atoms with E-state index >= 15 is 0 Å². The van der Waals surface area contributed by atoms with Gasteiger partial charge in [0, 0.05) is 18.9 Å². The largest absolute Gasteiger partial charge is 0.480 e. The van der Waals surface area contributed by atoms with Gasteiger partial charge in [-0.25, -0.2) is 9.59 Å². The molecule has 0 radical (unpaired) electrons. The van der Waals surface area contributed by atoms with Crippen molar-refractivity contribution in [3.8, 4) is 11.1 Å². The molecule has 2 atom stereocenters. The van der Waals surface area contributed by atoms with Gasteiger partial charge in [0.1, 0.15) is 12.6 Å². The lowest BCUT2D eigenvalue weighted by Gasteiger charge is -2.21. The van der Waals surface area contributed by atoms with Crippen molar-refractivity contribution in [3.63, 3.8) is 0 Å². The van der Waals surface area contributed by atoms with E-state index in [0.29, 0.717) is 19.4 Å². The van der Waals surface area contributed by atoms with Crippen molar-refractivity contribution in [1.29, 1.82) is 0 Å². The molecule has 1 unspecified atom stereocenters. The Labute approximate surface area is 205 Å². The third kappa shape index (κ3) is 6.82. The van der Waals surface area contributed by atoms with Crippen molar-refractivity contribution < 1.29 is 29.3 Å². The number of aliphatic carboxylic acids is 1. The molecule has 188 valence electrons. The van der Waals surface area contributed by atoms with E-state index in [-0.39, 0.29) is 30.8 Å². The van der Waals surface area contributed by atoms with Crippen LogP contribution in [-0.2, 0) is 14.3 Å². The number of benzene rings is 2. The SMILES string of the molecule is CC(C)C(CCNC(=O)OCC1c2ccccc2-c2ccccc21)CCC(=O)N[C@H](CO)C(=O)O. The van der Waals surface area contributed by atoms with Crippen LogP contribution >= 0.6 is 0 Å². The first-order valence-corrected chi connectivity index (χ1v) is 12.0. The molecule has 3 rings (SSSR count). The smallest absolute Gasteiger partial charge is 0.407 e. The van der Waals surface area contributed by atoms with Crippen molar-refractivity contribution >= 4 is 18.0 Å². The molecule has 0 heterocycles. The summed E-state index contributed by atoms with van der Waals surface area (Å²) in [5, 5.41) is 23.1. The van der Waals surface area contributed by atoms with Crippen LogP contribution in [0.2, 0.25) is 0 Å². The molecule has 0 aliphatic heterocycles. The molecule has 2 aromatic rings. The third-order valence-electron chi connectivity index (χ3n) is 6.63. The molecule has 0 spiro atoms. The number of ether oxygens (including phenoxy) is 1. The lowest BCUT2D eigenvalue weighted by Crippen LogP contribution is -2.43. The summed E-state index contributed by atoms with van der Waals surface area (Å²) in [7, 11) is 0. The summed E-state index contributed by atoms with van der Waals surface area (Å²) < 4.78 is 5.57. The molecule has 1 aliphatic rings. The minimum atomic E-state index is -1.30. The highest BCUT2D eigenvalue weighted by Gasteiger charge is 2.29. The second-order valence-electron chi connectivity index (χ2n) is 9.22. The minimum absolute atomic E-state index is 0.00336. The highest BCUT2D eigenvalue weighted by Crippen LogP contribution is 2.44.